The molecule has 0 aliphatic carbocycles. The van der Waals surface area contributed by atoms with Crippen molar-refractivity contribution in [2.45, 2.75) is 24.8 Å². The number of fused-ring (bicyclic) bond motifs is 1. The number of nitrogens with zero attached hydrogens (tertiary/aromatic N) is 2. The Kier molecular flexibility index (Phi) is 4.85. The number of hydrogen-bond donors (Lipinski definition) is 0. The van der Waals surface area contributed by atoms with Crippen molar-refractivity contribution in [3.05, 3.63) is 69.3 Å². The van der Waals surface area contributed by atoms with E-state index in [1.807, 2.05) is 0 Å². The molecule has 10 heteroatoms. The Balaban J connectivity index is 1.90. The zero-order chi connectivity index (χ0) is 19.8. The largest absolute Gasteiger partial charge is 0.416 e. The second-order valence-corrected chi connectivity index (χ2v) is 8.09. The summed E-state index contributed by atoms with van der Waals surface area (Å²) in [6.45, 7) is 0.164. The summed E-state index contributed by atoms with van der Waals surface area (Å²) in [5, 5.41) is 11.0. The van der Waals surface area contributed by atoms with Gasteiger partial charge in [-0.1, -0.05) is 18.2 Å². The predicted octanol–water partition coefficient (Wildman–Crippen LogP) is 3.90. The number of non-ortho nitro benzene ring substituents is 1. The van der Waals surface area contributed by atoms with Crippen LogP contribution in [-0.4, -0.2) is 19.9 Å². The van der Waals surface area contributed by atoms with E-state index in [2.05, 4.69) is 0 Å². The zero-order valence-electron chi connectivity index (χ0n) is 13.9. The van der Waals surface area contributed by atoms with Gasteiger partial charge in [-0.2, -0.15) is 13.2 Å². The third-order valence-corrected chi connectivity index (χ3v) is 6.07. The Hall–Kier alpha value is -2.62. The van der Waals surface area contributed by atoms with Crippen LogP contribution < -0.4 is 4.31 Å². The van der Waals surface area contributed by atoms with Gasteiger partial charge in [-0.25, -0.2) is 8.42 Å². The van der Waals surface area contributed by atoms with Gasteiger partial charge >= 0.3 is 6.18 Å². The maximum absolute atomic E-state index is 12.8. The van der Waals surface area contributed by atoms with E-state index in [1.165, 1.54) is 18.2 Å². The van der Waals surface area contributed by atoms with Crippen LogP contribution in [0, 0.1) is 10.1 Å². The van der Waals surface area contributed by atoms with Crippen LogP contribution in [0.4, 0.5) is 24.5 Å². The maximum atomic E-state index is 12.8. The average Bonchev–Trinajstić information content (AvgIpc) is 2.60. The molecule has 3 rings (SSSR count). The van der Waals surface area contributed by atoms with Gasteiger partial charge in [-0.15, -0.1) is 0 Å². The molecule has 0 aromatic heterocycles. The monoisotopic (exact) mass is 400 g/mol. The highest BCUT2D eigenvalue weighted by molar-refractivity contribution is 7.92. The van der Waals surface area contributed by atoms with Crippen molar-refractivity contribution in [1.29, 1.82) is 0 Å². The fourth-order valence-corrected chi connectivity index (χ4v) is 4.66. The third-order valence-electron chi connectivity index (χ3n) is 4.32. The molecule has 6 nitrogen and oxygen atoms in total. The van der Waals surface area contributed by atoms with Gasteiger partial charge in [0.05, 0.1) is 21.9 Å². The Morgan fingerprint density at radius 2 is 1.78 bits per heavy atom. The smallest absolute Gasteiger partial charge is 0.269 e. The predicted molar refractivity (Wildman–Crippen MR) is 92.8 cm³/mol. The van der Waals surface area contributed by atoms with Crippen molar-refractivity contribution in [1.82, 2.24) is 0 Å². The van der Waals surface area contributed by atoms with E-state index in [4.69, 9.17) is 0 Å². The molecule has 0 fully saturated rings. The lowest BCUT2D eigenvalue weighted by atomic mass is 10.0. The number of halogens is 3. The first kappa shape index (κ1) is 19.2. The summed E-state index contributed by atoms with van der Waals surface area (Å²) in [7, 11) is -3.91. The van der Waals surface area contributed by atoms with Gasteiger partial charge in [0, 0.05) is 18.7 Å². The summed E-state index contributed by atoms with van der Waals surface area (Å²) >= 11 is 0. The van der Waals surface area contributed by atoms with Gasteiger partial charge in [0.15, 0.2) is 0 Å². The van der Waals surface area contributed by atoms with Crippen LogP contribution in [0.25, 0.3) is 0 Å². The van der Waals surface area contributed by atoms with Crippen LogP contribution >= 0.6 is 0 Å². The van der Waals surface area contributed by atoms with Gasteiger partial charge < -0.3 is 0 Å². The number of alkyl halides is 3. The number of benzene rings is 2. The summed E-state index contributed by atoms with van der Waals surface area (Å²) in [6.07, 6.45) is -3.35. The first-order chi connectivity index (χ1) is 12.6. The quantitative estimate of drug-likeness (QED) is 0.576. The molecule has 2 aromatic carbocycles. The summed E-state index contributed by atoms with van der Waals surface area (Å²) in [5.74, 6) is -0.493. The van der Waals surface area contributed by atoms with E-state index in [1.54, 1.807) is 0 Å². The lowest BCUT2D eigenvalue weighted by molar-refractivity contribution is -0.384. The van der Waals surface area contributed by atoms with Crippen LogP contribution in [0.3, 0.4) is 0 Å². The molecule has 27 heavy (non-hydrogen) atoms. The molecule has 0 saturated carbocycles. The SMILES string of the molecule is O=[N+]([O-])c1ccc2c(c1)N(S(=O)(=O)Cc1ccc(C(F)(F)F)cc1)CCC2. The number of sulfonamides is 1. The van der Waals surface area contributed by atoms with Crippen molar-refractivity contribution in [2.75, 3.05) is 10.8 Å². The molecule has 0 bridgehead atoms. The Morgan fingerprint density at radius 1 is 1.11 bits per heavy atom. The van der Waals surface area contributed by atoms with E-state index in [9.17, 15) is 31.7 Å². The molecule has 0 radical (unpaired) electrons. The summed E-state index contributed by atoms with van der Waals surface area (Å²) in [6, 6.07) is 7.99. The topological polar surface area (TPSA) is 80.5 Å². The zero-order valence-corrected chi connectivity index (χ0v) is 14.8. The van der Waals surface area contributed by atoms with E-state index in [-0.39, 0.29) is 23.5 Å². The fourth-order valence-electron chi connectivity index (χ4n) is 3.01. The minimum Gasteiger partial charge on any atom is -0.269 e. The van der Waals surface area contributed by atoms with E-state index in [0.717, 1.165) is 28.6 Å². The summed E-state index contributed by atoms with van der Waals surface area (Å²) in [5.41, 5.74) is 0.0683. The maximum Gasteiger partial charge on any atom is 0.416 e. The normalized spacial score (nSPS) is 14.7. The fraction of sp³-hybridized carbons (Fsp3) is 0.294. The second kappa shape index (κ2) is 6.84. The van der Waals surface area contributed by atoms with Crippen LogP contribution in [0.5, 0.6) is 0 Å². The number of nitro benzene ring substituents is 1. The van der Waals surface area contributed by atoms with Crippen molar-refractivity contribution >= 4 is 21.4 Å². The van der Waals surface area contributed by atoms with Gasteiger partial charge in [0.1, 0.15) is 0 Å². The molecule has 1 aliphatic heterocycles. The molecule has 0 spiro atoms. The molecule has 0 atom stereocenters. The molecule has 1 heterocycles. The lowest BCUT2D eigenvalue weighted by Crippen LogP contribution is -2.36. The Morgan fingerprint density at radius 3 is 2.37 bits per heavy atom. The first-order valence-corrected chi connectivity index (χ1v) is 9.63. The van der Waals surface area contributed by atoms with Crippen LogP contribution in [0.2, 0.25) is 0 Å². The summed E-state index contributed by atoms with van der Waals surface area (Å²) in [4.78, 5) is 10.4. The molecule has 0 unspecified atom stereocenters. The molecule has 0 N–H and O–H groups in total. The van der Waals surface area contributed by atoms with Crippen LogP contribution in [0.1, 0.15) is 23.1 Å². The number of anilines is 1. The minimum atomic E-state index is -4.50. The molecular formula is C17H15F3N2O4S. The van der Waals surface area contributed by atoms with E-state index >= 15 is 0 Å². The minimum absolute atomic E-state index is 0.164. The molecule has 1 aliphatic rings. The second-order valence-electron chi connectivity index (χ2n) is 6.20. The number of aryl methyl sites for hydroxylation is 1. The van der Waals surface area contributed by atoms with Crippen molar-refractivity contribution in [3.8, 4) is 0 Å². The number of rotatable bonds is 4. The molecule has 0 saturated heterocycles. The lowest BCUT2D eigenvalue weighted by Gasteiger charge is -2.30. The first-order valence-electron chi connectivity index (χ1n) is 8.02. The van der Waals surface area contributed by atoms with E-state index < -0.39 is 32.4 Å². The third kappa shape index (κ3) is 4.05. The number of nitro groups is 1. The summed E-state index contributed by atoms with van der Waals surface area (Å²) < 4.78 is 64.6. The highest BCUT2D eigenvalue weighted by Crippen LogP contribution is 2.34. The highest BCUT2D eigenvalue weighted by atomic mass is 32.2. The van der Waals surface area contributed by atoms with Crippen molar-refractivity contribution in [2.24, 2.45) is 0 Å². The van der Waals surface area contributed by atoms with Crippen molar-refractivity contribution < 1.29 is 26.5 Å². The van der Waals surface area contributed by atoms with Gasteiger partial charge in [-0.05, 0) is 36.1 Å². The van der Waals surface area contributed by atoms with Crippen LogP contribution in [-0.2, 0) is 28.4 Å². The van der Waals surface area contributed by atoms with Gasteiger partial charge in [0.25, 0.3) is 5.69 Å². The molecular weight excluding hydrogens is 385 g/mol. The number of hydrogen-bond acceptors (Lipinski definition) is 4. The molecule has 0 amide bonds. The highest BCUT2D eigenvalue weighted by Gasteiger charge is 2.31. The Bertz CT molecular complexity index is 973. The standard InChI is InChI=1S/C17H15F3N2O4S/c18-17(19,20)14-6-3-12(4-7-14)11-27(25,26)21-9-1-2-13-5-8-15(22(23)24)10-16(13)21/h3-8,10H,1-2,9,11H2. The van der Waals surface area contributed by atoms with Crippen LogP contribution in [0.15, 0.2) is 42.5 Å². The van der Waals surface area contributed by atoms with Crippen molar-refractivity contribution in [3.63, 3.8) is 0 Å². The average molecular weight is 400 g/mol. The molecule has 144 valence electrons. The van der Waals surface area contributed by atoms with Gasteiger partial charge in [0.2, 0.25) is 10.0 Å². The molecule has 2 aromatic rings. The van der Waals surface area contributed by atoms with E-state index in [0.29, 0.717) is 18.4 Å². The Labute approximate surface area is 153 Å². The van der Waals surface area contributed by atoms with Gasteiger partial charge in [-0.3, -0.25) is 14.4 Å².